The van der Waals surface area contributed by atoms with Gasteiger partial charge in [0.2, 0.25) is 5.43 Å². The third kappa shape index (κ3) is 3.80. The zero-order valence-electron chi connectivity index (χ0n) is 15.9. The van der Waals surface area contributed by atoms with Gasteiger partial charge in [-0.05, 0) is 32.4 Å². The molecule has 0 spiro atoms. The van der Waals surface area contributed by atoms with Crippen molar-refractivity contribution in [3.8, 4) is 0 Å². The number of hydrogen-bond acceptors (Lipinski definition) is 4. The Morgan fingerprint density at radius 2 is 1.89 bits per heavy atom. The van der Waals surface area contributed by atoms with Crippen molar-refractivity contribution in [3.05, 3.63) is 69.6 Å². The van der Waals surface area contributed by atoms with Crippen molar-refractivity contribution < 1.29 is 14.3 Å². The zero-order valence-corrected chi connectivity index (χ0v) is 15.9. The molecule has 6 heteroatoms. The van der Waals surface area contributed by atoms with Crippen molar-refractivity contribution >= 4 is 17.0 Å². The average molecular weight is 368 g/mol. The summed E-state index contributed by atoms with van der Waals surface area (Å²) in [5, 5.41) is 0.503. The highest BCUT2D eigenvalue weighted by Gasteiger charge is 2.19. The molecule has 0 radical (unpaired) electrons. The van der Waals surface area contributed by atoms with Crippen molar-refractivity contribution in [2.24, 2.45) is 0 Å². The van der Waals surface area contributed by atoms with Gasteiger partial charge in [0.1, 0.15) is 17.9 Å². The molecule has 0 amide bonds. The van der Waals surface area contributed by atoms with Gasteiger partial charge >= 0.3 is 5.97 Å². The van der Waals surface area contributed by atoms with Crippen molar-refractivity contribution in [1.82, 2.24) is 9.13 Å². The van der Waals surface area contributed by atoms with E-state index in [-0.39, 0.29) is 17.6 Å². The number of pyridine rings is 1. The summed E-state index contributed by atoms with van der Waals surface area (Å²) in [6, 6.07) is 11.7. The standard InChI is InChI=1S/C21H24N2O4/c1-4-22-12-18(21(25)27-5-2)19(24)17-11-15(3)23(20(17)22)14-26-13-16-9-7-6-8-10-16/h6-12H,4-5,13-14H2,1-3H3. The number of carbonyl (C=O) groups excluding carboxylic acids is 1. The highest BCUT2D eigenvalue weighted by Crippen LogP contribution is 2.19. The fraction of sp³-hybridized carbons (Fsp3) is 0.333. The minimum absolute atomic E-state index is 0.0635. The number of benzene rings is 1. The first-order valence-corrected chi connectivity index (χ1v) is 9.08. The van der Waals surface area contributed by atoms with Gasteiger partial charge in [-0.3, -0.25) is 4.79 Å². The van der Waals surface area contributed by atoms with E-state index in [0.29, 0.717) is 25.3 Å². The van der Waals surface area contributed by atoms with Gasteiger partial charge in [0.25, 0.3) is 0 Å². The Morgan fingerprint density at radius 1 is 1.15 bits per heavy atom. The summed E-state index contributed by atoms with van der Waals surface area (Å²) in [5.41, 5.74) is 2.50. The van der Waals surface area contributed by atoms with Crippen molar-refractivity contribution in [3.63, 3.8) is 0 Å². The third-order valence-corrected chi connectivity index (χ3v) is 4.49. The molecule has 1 aromatic carbocycles. The molecule has 27 heavy (non-hydrogen) atoms. The normalized spacial score (nSPS) is 11.1. The second-order valence-corrected chi connectivity index (χ2v) is 6.29. The first-order valence-electron chi connectivity index (χ1n) is 9.08. The SMILES string of the molecule is CCOC(=O)c1cn(CC)c2c(cc(C)n2COCc2ccccc2)c1=O. The lowest BCUT2D eigenvalue weighted by Gasteiger charge is -2.14. The van der Waals surface area contributed by atoms with Gasteiger partial charge in [0.05, 0.1) is 18.6 Å². The van der Waals surface area contributed by atoms with Crippen LogP contribution >= 0.6 is 0 Å². The van der Waals surface area contributed by atoms with Crippen molar-refractivity contribution in [2.75, 3.05) is 6.61 Å². The molecule has 0 fully saturated rings. The summed E-state index contributed by atoms with van der Waals surface area (Å²) in [6.07, 6.45) is 1.58. The number of aromatic nitrogens is 2. The molecule has 6 nitrogen and oxygen atoms in total. The maximum atomic E-state index is 12.8. The number of rotatable bonds is 7. The first-order chi connectivity index (χ1) is 13.1. The van der Waals surface area contributed by atoms with Crippen LogP contribution in [0.1, 0.15) is 35.5 Å². The highest BCUT2D eigenvalue weighted by atomic mass is 16.5. The van der Waals surface area contributed by atoms with E-state index >= 15 is 0 Å². The van der Waals surface area contributed by atoms with Gasteiger partial charge in [-0.1, -0.05) is 30.3 Å². The van der Waals surface area contributed by atoms with Gasteiger partial charge in [0.15, 0.2) is 0 Å². The van der Waals surface area contributed by atoms with Crippen LogP contribution in [0.25, 0.3) is 11.0 Å². The van der Waals surface area contributed by atoms with Crippen LogP contribution in [-0.4, -0.2) is 21.7 Å². The second kappa shape index (κ2) is 8.22. The smallest absolute Gasteiger partial charge is 0.343 e. The predicted molar refractivity (Wildman–Crippen MR) is 104 cm³/mol. The molecular weight excluding hydrogens is 344 g/mol. The molecular formula is C21H24N2O4. The Morgan fingerprint density at radius 3 is 2.56 bits per heavy atom. The summed E-state index contributed by atoms with van der Waals surface area (Å²) < 4.78 is 14.7. The first kappa shape index (κ1) is 18.9. The quantitative estimate of drug-likeness (QED) is 0.599. The highest BCUT2D eigenvalue weighted by molar-refractivity contribution is 5.93. The van der Waals surface area contributed by atoms with Crippen LogP contribution in [-0.2, 0) is 29.4 Å². The summed E-state index contributed by atoms with van der Waals surface area (Å²) in [5.74, 6) is -0.586. The molecule has 0 N–H and O–H groups in total. The molecule has 3 aromatic rings. The molecule has 0 saturated heterocycles. The summed E-state index contributed by atoms with van der Waals surface area (Å²) in [7, 11) is 0. The lowest BCUT2D eigenvalue weighted by Crippen LogP contribution is -2.21. The fourth-order valence-corrected chi connectivity index (χ4v) is 3.15. The zero-order chi connectivity index (χ0) is 19.4. The van der Waals surface area contributed by atoms with Crippen LogP contribution in [0.15, 0.2) is 47.4 Å². The van der Waals surface area contributed by atoms with E-state index in [1.807, 2.05) is 53.3 Å². The third-order valence-electron chi connectivity index (χ3n) is 4.49. The van der Waals surface area contributed by atoms with E-state index < -0.39 is 5.97 Å². The molecule has 2 aromatic heterocycles. The second-order valence-electron chi connectivity index (χ2n) is 6.29. The van der Waals surface area contributed by atoms with E-state index in [9.17, 15) is 9.59 Å². The Bertz CT molecular complexity index is 1000. The molecule has 0 unspecified atom stereocenters. The molecule has 2 heterocycles. The summed E-state index contributed by atoms with van der Waals surface area (Å²) in [6.45, 7) is 7.27. The van der Waals surface area contributed by atoms with Crippen molar-refractivity contribution in [2.45, 2.75) is 40.7 Å². The van der Waals surface area contributed by atoms with Crippen LogP contribution < -0.4 is 5.43 Å². The topological polar surface area (TPSA) is 62.5 Å². The van der Waals surface area contributed by atoms with E-state index in [1.165, 1.54) is 0 Å². The Balaban J connectivity index is 1.96. The fourth-order valence-electron chi connectivity index (χ4n) is 3.15. The predicted octanol–water partition coefficient (Wildman–Crippen LogP) is 3.48. The van der Waals surface area contributed by atoms with Crippen LogP contribution in [0.2, 0.25) is 0 Å². The van der Waals surface area contributed by atoms with Crippen LogP contribution in [0.4, 0.5) is 0 Å². The van der Waals surface area contributed by atoms with E-state index in [2.05, 4.69) is 0 Å². The van der Waals surface area contributed by atoms with Gasteiger partial charge < -0.3 is 18.6 Å². The maximum absolute atomic E-state index is 12.8. The lowest BCUT2D eigenvalue weighted by molar-refractivity contribution is 0.0524. The molecule has 0 aliphatic carbocycles. The molecule has 142 valence electrons. The number of carbonyl (C=O) groups is 1. The maximum Gasteiger partial charge on any atom is 0.343 e. The van der Waals surface area contributed by atoms with E-state index in [4.69, 9.17) is 9.47 Å². The van der Waals surface area contributed by atoms with Gasteiger partial charge in [-0.15, -0.1) is 0 Å². The van der Waals surface area contributed by atoms with E-state index in [1.54, 1.807) is 19.2 Å². The van der Waals surface area contributed by atoms with Gasteiger partial charge in [0, 0.05) is 18.4 Å². The Hall–Kier alpha value is -2.86. The molecule has 0 aliphatic rings. The molecule has 0 saturated carbocycles. The van der Waals surface area contributed by atoms with Crippen LogP contribution in [0, 0.1) is 6.92 Å². The van der Waals surface area contributed by atoms with Crippen LogP contribution in [0.3, 0.4) is 0 Å². The van der Waals surface area contributed by atoms with Gasteiger partial charge in [-0.2, -0.15) is 0 Å². The number of aryl methyl sites for hydroxylation is 2. The average Bonchev–Trinajstić information content (AvgIpc) is 3.00. The minimum atomic E-state index is -0.586. The number of ether oxygens (including phenoxy) is 2. The van der Waals surface area contributed by atoms with Gasteiger partial charge in [-0.25, -0.2) is 4.79 Å². The Kier molecular flexibility index (Phi) is 5.76. The van der Waals surface area contributed by atoms with E-state index in [0.717, 1.165) is 16.9 Å². The number of nitrogens with zero attached hydrogens (tertiary/aromatic N) is 2. The molecule has 3 rings (SSSR count). The van der Waals surface area contributed by atoms with Crippen molar-refractivity contribution in [1.29, 1.82) is 0 Å². The number of hydrogen-bond donors (Lipinski definition) is 0. The number of fused-ring (bicyclic) bond motifs is 1. The summed E-state index contributed by atoms with van der Waals surface area (Å²) in [4.78, 5) is 24.9. The lowest BCUT2D eigenvalue weighted by atomic mass is 10.2. The van der Waals surface area contributed by atoms with Crippen LogP contribution in [0.5, 0.6) is 0 Å². The largest absolute Gasteiger partial charge is 0.462 e. The summed E-state index contributed by atoms with van der Waals surface area (Å²) >= 11 is 0. The Labute approximate surface area is 157 Å². The molecule has 0 atom stereocenters. The molecule has 0 aliphatic heterocycles. The monoisotopic (exact) mass is 368 g/mol. The number of esters is 1. The molecule has 0 bridgehead atoms. The minimum Gasteiger partial charge on any atom is -0.462 e.